The van der Waals surface area contributed by atoms with E-state index in [0.717, 1.165) is 124 Å². The number of halogens is 6. The fourth-order valence-electron chi connectivity index (χ4n) is 12.6. The zero-order chi connectivity index (χ0) is 54.8. The Morgan fingerprint density at radius 2 is 0.861 bits per heavy atom. The zero-order valence-electron chi connectivity index (χ0n) is 44.2. The third-order valence-electron chi connectivity index (χ3n) is 16.5. The van der Waals surface area contributed by atoms with Gasteiger partial charge < -0.3 is 4.90 Å². The quantitative estimate of drug-likeness (QED) is 0.0634. The van der Waals surface area contributed by atoms with Crippen LogP contribution in [0.2, 0.25) is 32.7 Å². The minimum Gasteiger partial charge on any atom is -0.310 e. The molecular weight excluding hydrogens is 1020 g/mol. The molecule has 11 aromatic rings. The van der Waals surface area contributed by atoms with Gasteiger partial charge in [0.1, 0.15) is 0 Å². The number of nitrogens with zero attached hydrogens (tertiary/aromatic N) is 1. The molecule has 0 radical (unpaired) electrons. The van der Waals surface area contributed by atoms with E-state index in [4.69, 9.17) is 0 Å². The van der Waals surface area contributed by atoms with E-state index in [2.05, 4.69) is 214 Å². The Morgan fingerprint density at radius 1 is 0.418 bits per heavy atom. The highest BCUT2D eigenvalue weighted by atomic mass is 28.3. The van der Waals surface area contributed by atoms with Crippen LogP contribution in [0.1, 0.15) is 50.1 Å². The first-order valence-electron chi connectivity index (χ1n) is 26.7. The summed E-state index contributed by atoms with van der Waals surface area (Å²) in [5.74, 6) is 0. The third kappa shape index (κ3) is 8.27. The van der Waals surface area contributed by atoms with E-state index in [1.807, 2.05) is 0 Å². The third-order valence-corrected chi connectivity index (χ3v) is 20.3. The first-order valence-corrected chi connectivity index (χ1v) is 33.1. The number of alkyl halides is 6. The van der Waals surface area contributed by atoms with Crippen LogP contribution in [0, 0.1) is 0 Å². The fraction of sp³-hybridized carbons (Fsp3) is 0.114. The Bertz CT molecular complexity index is 4210. The molecule has 0 aromatic heterocycles. The van der Waals surface area contributed by atoms with Gasteiger partial charge in [0, 0.05) is 17.1 Å². The second-order valence-electron chi connectivity index (χ2n) is 22.5. The molecule has 0 bridgehead atoms. The first kappa shape index (κ1) is 50.3. The summed E-state index contributed by atoms with van der Waals surface area (Å²) in [6.45, 7) is 11.4. The van der Waals surface area contributed by atoms with Crippen molar-refractivity contribution in [3.8, 4) is 22.3 Å². The molecule has 1 spiro atoms. The van der Waals surface area contributed by atoms with Crippen molar-refractivity contribution in [2.24, 2.45) is 0 Å². The highest BCUT2D eigenvalue weighted by Gasteiger charge is 2.52. The normalized spacial score (nSPS) is 15.0. The second-order valence-corrected chi connectivity index (χ2v) is 30.5. The maximum Gasteiger partial charge on any atom is 0.416 e. The van der Waals surface area contributed by atoms with Crippen molar-refractivity contribution in [3.63, 3.8) is 0 Å². The van der Waals surface area contributed by atoms with E-state index in [0.29, 0.717) is 11.3 Å². The van der Waals surface area contributed by atoms with Crippen LogP contribution >= 0.6 is 0 Å². The second kappa shape index (κ2) is 18.4. The van der Waals surface area contributed by atoms with Crippen molar-refractivity contribution in [1.82, 2.24) is 0 Å². The Balaban J connectivity index is 1.10. The summed E-state index contributed by atoms with van der Waals surface area (Å²) in [6.07, 6.45) is -6.89. The SMILES string of the molecule is C[SiH](C)c1ccc(N(c2ccc(C(F)(F)F)cc2)c2ccc3c(c2)C2(c4ccccc4-c4cc5c6ccccc6c6ccccc6c5cc42)c2cc(/C=C(/c4ccc(C(F)(F)F)cc4)c4ccc([Si](C)(C)C)cc4)ccc2-3)cc1. The van der Waals surface area contributed by atoms with Crippen LogP contribution in [0.3, 0.4) is 0 Å². The summed E-state index contributed by atoms with van der Waals surface area (Å²) >= 11 is 0. The largest absolute Gasteiger partial charge is 0.416 e. The molecule has 2 aliphatic carbocycles. The van der Waals surface area contributed by atoms with Crippen LogP contribution in [0.25, 0.3) is 66.2 Å². The maximum atomic E-state index is 14.2. The lowest BCUT2D eigenvalue weighted by Crippen LogP contribution is -2.37. The Morgan fingerprint density at radius 3 is 1.42 bits per heavy atom. The summed E-state index contributed by atoms with van der Waals surface area (Å²) in [7, 11) is -2.88. The summed E-state index contributed by atoms with van der Waals surface area (Å²) in [4.78, 5) is 2.06. The maximum absolute atomic E-state index is 14.2. The predicted molar refractivity (Wildman–Crippen MR) is 321 cm³/mol. The van der Waals surface area contributed by atoms with Crippen LogP contribution in [0.4, 0.5) is 43.4 Å². The molecule has 11 aromatic carbocycles. The molecule has 0 saturated carbocycles. The topological polar surface area (TPSA) is 3.24 Å². The lowest BCUT2D eigenvalue weighted by atomic mass is 9.70. The monoisotopic (exact) mass is 1080 g/mol. The highest BCUT2D eigenvalue weighted by Crippen LogP contribution is 2.64. The van der Waals surface area contributed by atoms with Gasteiger partial charge in [-0.15, -0.1) is 0 Å². The van der Waals surface area contributed by atoms with Crippen LogP contribution < -0.4 is 15.3 Å². The van der Waals surface area contributed by atoms with E-state index < -0.39 is 45.8 Å². The summed E-state index contributed by atoms with van der Waals surface area (Å²) in [5.41, 5.74) is 11.6. The lowest BCUT2D eigenvalue weighted by Gasteiger charge is -2.32. The van der Waals surface area contributed by atoms with Crippen LogP contribution in [0.15, 0.2) is 218 Å². The average Bonchev–Trinajstić information content (AvgIpc) is 3.72. The van der Waals surface area contributed by atoms with Gasteiger partial charge in [0.25, 0.3) is 0 Å². The number of hydrogen-bond acceptors (Lipinski definition) is 1. The van der Waals surface area contributed by atoms with E-state index in [1.54, 1.807) is 24.3 Å². The van der Waals surface area contributed by atoms with Gasteiger partial charge in [-0.25, -0.2) is 0 Å². The fourth-order valence-corrected chi connectivity index (χ4v) is 14.7. The molecule has 2 aliphatic rings. The van der Waals surface area contributed by atoms with Gasteiger partial charge in [0.2, 0.25) is 0 Å². The van der Waals surface area contributed by atoms with Crippen molar-refractivity contribution in [3.05, 3.63) is 268 Å². The Labute approximate surface area is 458 Å². The van der Waals surface area contributed by atoms with Crippen LogP contribution in [0.5, 0.6) is 0 Å². The van der Waals surface area contributed by atoms with Gasteiger partial charge in [-0.3, -0.25) is 0 Å². The first-order chi connectivity index (χ1) is 37.9. The smallest absolute Gasteiger partial charge is 0.310 e. The molecule has 0 amide bonds. The van der Waals surface area contributed by atoms with Crippen molar-refractivity contribution in [2.75, 3.05) is 4.90 Å². The van der Waals surface area contributed by atoms with Crippen LogP contribution in [-0.2, 0) is 17.8 Å². The molecule has 79 heavy (non-hydrogen) atoms. The molecule has 0 heterocycles. The molecule has 0 N–H and O–H groups in total. The number of benzene rings is 11. The van der Waals surface area contributed by atoms with Gasteiger partial charge in [-0.1, -0.05) is 183 Å². The van der Waals surface area contributed by atoms with Crippen molar-refractivity contribution < 1.29 is 26.3 Å². The molecule has 1 atom stereocenters. The van der Waals surface area contributed by atoms with Crippen molar-refractivity contribution >= 4 is 88.3 Å². The van der Waals surface area contributed by atoms with Gasteiger partial charge in [-0.2, -0.15) is 26.3 Å². The summed E-state index contributed by atoms with van der Waals surface area (Å²) < 4.78 is 84.7. The molecule has 0 aliphatic heterocycles. The molecule has 388 valence electrons. The molecule has 0 fully saturated rings. The van der Waals surface area contributed by atoms with E-state index in [1.165, 1.54) is 15.8 Å². The number of fused-ring (bicyclic) bond motifs is 16. The molecule has 9 heteroatoms. The van der Waals surface area contributed by atoms with Gasteiger partial charge in [0.15, 0.2) is 0 Å². The van der Waals surface area contributed by atoms with E-state index in [-0.39, 0.29) is 0 Å². The predicted octanol–water partition coefficient (Wildman–Crippen LogP) is 18.8. The average molecular weight is 1080 g/mol. The molecule has 1 unspecified atom stereocenters. The van der Waals surface area contributed by atoms with Crippen LogP contribution in [-0.4, -0.2) is 16.9 Å². The summed E-state index contributed by atoms with van der Waals surface area (Å²) in [6, 6.07) is 71.4. The molecule has 1 nitrogen and oxygen atoms in total. The van der Waals surface area contributed by atoms with Crippen molar-refractivity contribution in [2.45, 2.75) is 50.5 Å². The highest BCUT2D eigenvalue weighted by molar-refractivity contribution is 6.88. The lowest BCUT2D eigenvalue weighted by molar-refractivity contribution is -0.138. The van der Waals surface area contributed by atoms with Gasteiger partial charge in [0.05, 0.1) is 33.4 Å². The van der Waals surface area contributed by atoms with Gasteiger partial charge >= 0.3 is 12.4 Å². The minimum atomic E-state index is -4.51. The minimum absolute atomic E-state index is 0.588. The van der Waals surface area contributed by atoms with Gasteiger partial charge in [-0.05, 0) is 184 Å². The Kier molecular flexibility index (Phi) is 11.7. The standard InChI is InChI=1S/C70H53F6NSi2/c1-78(2)51-32-29-49(30-33-51)77(48-27-25-47(26-28-48)70(74,75)76)50-31-37-59-58-36-18-43(38-60(44-19-23-46(24-20-44)69(71,72)73)45-21-34-52(35-22-45)79(3,4)5)39-65(58)68(66(59)40-50)64-17-11-10-16-57(64)63-41-61-55-14-8-6-12-53(55)54-13-7-9-15-56(54)62(61)42-67(63)68/h6-42,78H,1-5H3/b60-38-. The molecular formula is C70H53F6NSi2. The number of rotatable bonds is 8. The molecule has 13 rings (SSSR count). The number of anilines is 3. The summed E-state index contributed by atoms with van der Waals surface area (Å²) in [5, 5.41) is 9.45. The number of hydrogen-bond donors (Lipinski definition) is 0. The Hall–Kier alpha value is -8.25. The molecule has 0 saturated heterocycles. The van der Waals surface area contributed by atoms with E-state index >= 15 is 0 Å². The van der Waals surface area contributed by atoms with E-state index in [9.17, 15) is 26.3 Å². The zero-order valence-corrected chi connectivity index (χ0v) is 46.3. The van der Waals surface area contributed by atoms with Crippen molar-refractivity contribution in [1.29, 1.82) is 0 Å².